The van der Waals surface area contributed by atoms with Crippen LogP contribution in [0.5, 0.6) is 0 Å². The highest BCUT2D eigenvalue weighted by Crippen LogP contribution is 2.21. The fourth-order valence-electron chi connectivity index (χ4n) is 1.20. The van der Waals surface area contributed by atoms with Crippen LogP contribution in [0, 0.1) is 5.82 Å². The Morgan fingerprint density at radius 3 is 2.71 bits per heavy atom. The Balaban J connectivity index is 2.77. The summed E-state index contributed by atoms with van der Waals surface area (Å²) < 4.78 is 13.0. The molecule has 0 unspecified atom stereocenters. The lowest BCUT2D eigenvalue weighted by molar-refractivity contribution is 0.576. The van der Waals surface area contributed by atoms with E-state index in [1.54, 1.807) is 17.8 Å². The second kappa shape index (κ2) is 5.37. The van der Waals surface area contributed by atoms with Crippen LogP contribution in [0.25, 0.3) is 0 Å². The van der Waals surface area contributed by atoms with Crippen LogP contribution in [0.4, 0.5) is 4.39 Å². The minimum absolute atomic E-state index is 0.164. The van der Waals surface area contributed by atoms with Gasteiger partial charge in [0.25, 0.3) is 0 Å². The molecule has 0 atom stereocenters. The fourth-order valence-corrected chi connectivity index (χ4v) is 1.80. The highest BCUT2D eigenvalue weighted by molar-refractivity contribution is 7.98. The molecule has 0 aliphatic heterocycles. The Bertz CT molecular complexity index is 299. The van der Waals surface area contributed by atoms with Gasteiger partial charge in [-0.15, -0.1) is 11.8 Å². The van der Waals surface area contributed by atoms with Crippen molar-refractivity contribution < 1.29 is 4.39 Å². The Hall–Kier alpha value is -0.540. The van der Waals surface area contributed by atoms with E-state index in [0.29, 0.717) is 6.04 Å². The van der Waals surface area contributed by atoms with Gasteiger partial charge in [0, 0.05) is 17.5 Å². The van der Waals surface area contributed by atoms with Crippen molar-refractivity contribution in [3.8, 4) is 0 Å². The topological polar surface area (TPSA) is 12.0 Å². The van der Waals surface area contributed by atoms with Gasteiger partial charge in [-0.3, -0.25) is 0 Å². The first-order chi connectivity index (χ1) is 6.63. The van der Waals surface area contributed by atoms with Crippen molar-refractivity contribution in [2.75, 3.05) is 6.26 Å². The van der Waals surface area contributed by atoms with Gasteiger partial charge >= 0.3 is 0 Å². The van der Waals surface area contributed by atoms with E-state index in [2.05, 4.69) is 19.2 Å². The molecule has 1 aromatic carbocycles. The van der Waals surface area contributed by atoms with E-state index >= 15 is 0 Å². The van der Waals surface area contributed by atoms with Gasteiger partial charge in [0.05, 0.1) is 0 Å². The molecule has 0 aliphatic rings. The number of benzene rings is 1. The van der Waals surface area contributed by atoms with E-state index < -0.39 is 0 Å². The van der Waals surface area contributed by atoms with Crippen molar-refractivity contribution in [1.29, 1.82) is 0 Å². The van der Waals surface area contributed by atoms with Gasteiger partial charge in [-0.2, -0.15) is 0 Å². The molecule has 0 saturated carbocycles. The van der Waals surface area contributed by atoms with Crippen LogP contribution < -0.4 is 5.32 Å². The zero-order valence-electron chi connectivity index (χ0n) is 8.80. The fraction of sp³-hybridized carbons (Fsp3) is 0.455. The predicted octanol–water partition coefficient (Wildman–Crippen LogP) is 3.05. The third-order valence-corrected chi connectivity index (χ3v) is 2.78. The monoisotopic (exact) mass is 213 g/mol. The standard InChI is InChI=1S/C11H16FNS/c1-8(2)13-7-9-6-10(12)4-5-11(9)14-3/h4-6,8,13H,7H2,1-3H3. The Morgan fingerprint density at radius 1 is 1.43 bits per heavy atom. The first kappa shape index (κ1) is 11.5. The molecule has 0 bridgehead atoms. The van der Waals surface area contributed by atoms with Crippen molar-refractivity contribution in [3.05, 3.63) is 29.6 Å². The van der Waals surface area contributed by atoms with E-state index in [0.717, 1.165) is 17.0 Å². The van der Waals surface area contributed by atoms with E-state index in [-0.39, 0.29) is 5.82 Å². The summed E-state index contributed by atoms with van der Waals surface area (Å²) in [6, 6.07) is 5.36. The van der Waals surface area contributed by atoms with Crippen LogP contribution in [0.15, 0.2) is 23.1 Å². The molecule has 0 heterocycles. The summed E-state index contributed by atoms with van der Waals surface area (Å²) in [5.41, 5.74) is 1.03. The van der Waals surface area contributed by atoms with Crippen molar-refractivity contribution in [3.63, 3.8) is 0 Å². The van der Waals surface area contributed by atoms with Crippen molar-refractivity contribution in [2.24, 2.45) is 0 Å². The molecule has 0 fully saturated rings. The van der Waals surface area contributed by atoms with Gasteiger partial charge in [0.2, 0.25) is 0 Å². The number of halogens is 1. The summed E-state index contributed by atoms with van der Waals surface area (Å²) in [6.07, 6.45) is 2.01. The number of hydrogen-bond donors (Lipinski definition) is 1. The minimum atomic E-state index is -0.164. The highest BCUT2D eigenvalue weighted by Gasteiger charge is 2.03. The van der Waals surface area contributed by atoms with Gasteiger partial charge in [-0.1, -0.05) is 13.8 Å². The maximum Gasteiger partial charge on any atom is 0.123 e. The lowest BCUT2D eigenvalue weighted by atomic mass is 10.2. The SMILES string of the molecule is CSc1ccc(F)cc1CNC(C)C. The number of thioether (sulfide) groups is 1. The molecular weight excluding hydrogens is 197 g/mol. The average molecular weight is 213 g/mol. The third kappa shape index (κ3) is 3.31. The van der Waals surface area contributed by atoms with Gasteiger partial charge in [0.15, 0.2) is 0 Å². The molecule has 1 aromatic rings. The van der Waals surface area contributed by atoms with Gasteiger partial charge in [0.1, 0.15) is 5.82 Å². The minimum Gasteiger partial charge on any atom is -0.310 e. The average Bonchev–Trinajstić information content (AvgIpc) is 2.15. The summed E-state index contributed by atoms with van der Waals surface area (Å²) in [4.78, 5) is 1.14. The molecule has 0 amide bonds. The lowest BCUT2D eigenvalue weighted by Gasteiger charge is -2.11. The maximum absolute atomic E-state index is 13.0. The molecule has 0 saturated heterocycles. The van der Waals surface area contributed by atoms with E-state index in [1.807, 2.05) is 12.3 Å². The van der Waals surface area contributed by atoms with Gasteiger partial charge in [-0.05, 0) is 30.0 Å². The first-order valence-corrected chi connectivity index (χ1v) is 5.91. The predicted molar refractivity (Wildman–Crippen MR) is 60.2 cm³/mol. The molecule has 1 nitrogen and oxygen atoms in total. The number of rotatable bonds is 4. The summed E-state index contributed by atoms with van der Waals surface area (Å²) >= 11 is 1.65. The second-order valence-corrected chi connectivity index (χ2v) is 4.34. The molecule has 0 aliphatic carbocycles. The molecule has 1 N–H and O–H groups in total. The van der Waals surface area contributed by atoms with Crippen LogP contribution in [-0.4, -0.2) is 12.3 Å². The lowest BCUT2D eigenvalue weighted by Crippen LogP contribution is -2.22. The maximum atomic E-state index is 13.0. The largest absolute Gasteiger partial charge is 0.310 e. The smallest absolute Gasteiger partial charge is 0.123 e. The molecule has 14 heavy (non-hydrogen) atoms. The molecule has 0 radical (unpaired) electrons. The highest BCUT2D eigenvalue weighted by atomic mass is 32.2. The molecule has 0 aromatic heterocycles. The quantitative estimate of drug-likeness (QED) is 0.771. The summed E-state index contributed by atoms with van der Waals surface area (Å²) in [7, 11) is 0. The Morgan fingerprint density at radius 2 is 2.14 bits per heavy atom. The van der Waals surface area contributed by atoms with Crippen LogP contribution in [-0.2, 0) is 6.54 Å². The van der Waals surface area contributed by atoms with Gasteiger partial charge in [-0.25, -0.2) is 4.39 Å². The molecule has 78 valence electrons. The van der Waals surface area contributed by atoms with Crippen LogP contribution >= 0.6 is 11.8 Å². The zero-order chi connectivity index (χ0) is 10.6. The van der Waals surface area contributed by atoms with Crippen molar-refractivity contribution in [1.82, 2.24) is 5.32 Å². The second-order valence-electron chi connectivity index (χ2n) is 3.49. The van der Waals surface area contributed by atoms with Crippen molar-refractivity contribution >= 4 is 11.8 Å². The molecule has 3 heteroatoms. The number of nitrogens with one attached hydrogen (secondary N) is 1. The third-order valence-electron chi connectivity index (χ3n) is 1.94. The van der Waals surface area contributed by atoms with E-state index in [1.165, 1.54) is 6.07 Å². The Kier molecular flexibility index (Phi) is 4.42. The van der Waals surface area contributed by atoms with Crippen molar-refractivity contribution in [2.45, 2.75) is 31.3 Å². The van der Waals surface area contributed by atoms with E-state index in [9.17, 15) is 4.39 Å². The van der Waals surface area contributed by atoms with Gasteiger partial charge < -0.3 is 5.32 Å². The Labute approximate surface area is 89.1 Å². The molecule has 1 rings (SSSR count). The molecule has 0 spiro atoms. The number of hydrogen-bond acceptors (Lipinski definition) is 2. The normalized spacial score (nSPS) is 10.9. The van der Waals surface area contributed by atoms with E-state index in [4.69, 9.17) is 0 Å². The van der Waals surface area contributed by atoms with Crippen LogP contribution in [0.1, 0.15) is 19.4 Å². The summed E-state index contributed by atoms with van der Waals surface area (Å²) in [5.74, 6) is -0.164. The zero-order valence-corrected chi connectivity index (χ0v) is 9.62. The molecular formula is C11H16FNS. The summed E-state index contributed by atoms with van der Waals surface area (Å²) in [6.45, 7) is 4.89. The summed E-state index contributed by atoms with van der Waals surface area (Å²) in [5, 5.41) is 3.28. The first-order valence-electron chi connectivity index (χ1n) is 4.69. The van der Waals surface area contributed by atoms with Crippen LogP contribution in [0.2, 0.25) is 0 Å². The van der Waals surface area contributed by atoms with Crippen LogP contribution in [0.3, 0.4) is 0 Å².